The van der Waals surface area contributed by atoms with Crippen molar-refractivity contribution >= 4 is 16.8 Å². The van der Waals surface area contributed by atoms with E-state index in [9.17, 15) is 14.3 Å². The second-order valence-electron chi connectivity index (χ2n) is 9.27. The van der Waals surface area contributed by atoms with Gasteiger partial charge in [-0.05, 0) is 55.7 Å². The second kappa shape index (κ2) is 9.09. The van der Waals surface area contributed by atoms with Gasteiger partial charge in [-0.2, -0.15) is 0 Å². The van der Waals surface area contributed by atoms with Crippen molar-refractivity contribution in [3.8, 4) is 23.1 Å². The highest BCUT2D eigenvalue weighted by Gasteiger charge is 2.36. The van der Waals surface area contributed by atoms with Crippen LogP contribution in [0.25, 0.3) is 28.1 Å². The number of carbonyl (C=O) groups excluding carboxylic acids is 1. The fourth-order valence-corrected chi connectivity index (χ4v) is 4.73. The van der Waals surface area contributed by atoms with Crippen molar-refractivity contribution in [1.29, 1.82) is 0 Å². The molecule has 1 amide bonds. The Morgan fingerprint density at radius 1 is 1.03 bits per heavy atom. The van der Waals surface area contributed by atoms with Gasteiger partial charge in [0, 0.05) is 29.6 Å². The molecule has 0 aliphatic heterocycles. The number of hydrogen-bond acceptors (Lipinski definition) is 6. The molecule has 8 nitrogen and oxygen atoms in total. The Bertz CT molecular complexity index is 1630. The molecule has 3 heterocycles. The van der Waals surface area contributed by atoms with Gasteiger partial charge in [0.15, 0.2) is 5.82 Å². The van der Waals surface area contributed by atoms with Crippen molar-refractivity contribution in [1.82, 2.24) is 30.0 Å². The van der Waals surface area contributed by atoms with E-state index in [1.165, 1.54) is 12.1 Å². The molecule has 9 heteroatoms. The van der Waals surface area contributed by atoms with Gasteiger partial charge in [0.2, 0.25) is 5.88 Å². The van der Waals surface area contributed by atoms with Gasteiger partial charge in [0.05, 0.1) is 16.8 Å². The minimum absolute atomic E-state index is 0.0220. The summed E-state index contributed by atoms with van der Waals surface area (Å²) in [6.45, 7) is 1.95. The lowest BCUT2D eigenvalue weighted by Gasteiger charge is -2.35. The number of aryl methyl sites for hydroxylation is 1. The number of halogens is 1. The number of pyridine rings is 2. The molecule has 1 aliphatic rings. The van der Waals surface area contributed by atoms with Gasteiger partial charge >= 0.3 is 0 Å². The van der Waals surface area contributed by atoms with Gasteiger partial charge in [0.1, 0.15) is 17.3 Å². The third-order valence-corrected chi connectivity index (χ3v) is 6.71. The Labute approximate surface area is 211 Å². The van der Waals surface area contributed by atoms with E-state index in [0.717, 1.165) is 10.9 Å². The smallest absolute Gasteiger partial charge is 0.253 e. The fraction of sp³-hybridized carbons (Fsp3) is 0.179. The third kappa shape index (κ3) is 4.18. The highest BCUT2D eigenvalue weighted by molar-refractivity contribution is 6.05. The summed E-state index contributed by atoms with van der Waals surface area (Å²) in [7, 11) is 0. The van der Waals surface area contributed by atoms with Crippen molar-refractivity contribution in [2.24, 2.45) is 0 Å². The molecule has 0 spiro atoms. The average Bonchev–Trinajstić information content (AvgIpc) is 3.30. The molecular formula is C28H23FN6O2. The summed E-state index contributed by atoms with van der Waals surface area (Å²) in [6.07, 6.45) is 3.00. The molecule has 1 aliphatic carbocycles. The van der Waals surface area contributed by atoms with E-state index in [4.69, 9.17) is 0 Å². The monoisotopic (exact) mass is 494 g/mol. The molecule has 3 aromatic heterocycles. The first-order valence-electron chi connectivity index (χ1n) is 12.0. The van der Waals surface area contributed by atoms with Gasteiger partial charge in [-0.1, -0.05) is 30.3 Å². The van der Waals surface area contributed by atoms with E-state index < -0.39 is 0 Å². The fourth-order valence-electron chi connectivity index (χ4n) is 4.73. The maximum Gasteiger partial charge on any atom is 0.253 e. The Kier molecular flexibility index (Phi) is 5.60. The van der Waals surface area contributed by atoms with Crippen LogP contribution in [-0.4, -0.2) is 41.8 Å². The van der Waals surface area contributed by atoms with Crippen LogP contribution in [0.1, 0.15) is 40.5 Å². The van der Waals surface area contributed by atoms with E-state index in [1.54, 1.807) is 47.2 Å². The summed E-state index contributed by atoms with van der Waals surface area (Å²) in [5.74, 6) is 0.299. The molecule has 5 aromatic rings. The van der Waals surface area contributed by atoms with E-state index in [1.807, 2.05) is 25.1 Å². The topological polar surface area (TPSA) is 106 Å². The Morgan fingerprint density at radius 2 is 1.86 bits per heavy atom. The van der Waals surface area contributed by atoms with Crippen LogP contribution < -0.4 is 5.32 Å². The number of hydrogen-bond donors (Lipinski definition) is 2. The van der Waals surface area contributed by atoms with Crippen molar-refractivity contribution < 1.29 is 14.3 Å². The minimum atomic E-state index is -0.382. The standard InChI is InChI=1S/C28H23FN6O2/c1-16-9-11-22(30-15-16)27-34-33-26(35(27)23-8-3-2-7-21(23)29)18-13-19(14-18)31-28(37)20-6-4-5-17-10-12-24(36)32-25(17)20/h2-12,15,18-19H,13-14H2,1H3,(H,31,37)(H,32,36)/t18-,19-. The van der Waals surface area contributed by atoms with Crippen LogP contribution in [0.4, 0.5) is 4.39 Å². The zero-order valence-electron chi connectivity index (χ0n) is 20.0. The molecular weight excluding hydrogens is 471 g/mol. The van der Waals surface area contributed by atoms with E-state index in [2.05, 4.69) is 25.5 Å². The molecule has 1 fully saturated rings. The quantitative estimate of drug-likeness (QED) is 0.367. The first-order valence-corrected chi connectivity index (χ1v) is 12.0. The molecule has 37 heavy (non-hydrogen) atoms. The van der Waals surface area contributed by atoms with Gasteiger partial charge in [-0.15, -0.1) is 10.2 Å². The van der Waals surface area contributed by atoms with Crippen LogP contribution in [0.15, 0.2) is 72.9 Å². The molecule has 0 saturated heterocycles. The van der Waals surface area contributed by atoms with E-state index in [-0.39, 0.29) is 29.6 Å². The Balaban J connectivity index is 1.26. The van der Waals surface area contributed by atoms with Crippen LogP contribution in [0.3, 0.4) is 0 Å². The number of fused-ring (bicyclic) bond motifs is 1. The van der Waals surface area contributed by atoms with E-state index in [0.29, 0.717) is 47.0 Å². The largest absolute Gasteiger partial charge is 0.493 e. The number of benzene rings is 2. The summed E-state index contributed by atoms with van der Waals surface area (Å²) in [6, 6.07) is 18.7. The van der Waals surface area contributed by atoms with Gasteiger partial charge in [0.25, 0.3) is 5.91 Å². The highest BCUT2D eigenvalue weighted by Crippen LogP contribution is 2.39. The maximum atomic E-state index is 14.9. The zero-order chi connectivity index (χ0) is 25.5. The lowest BCUT2D eigenvalue weighted by molar-refractivity contribution is 0.0908. The molecule has 0 bridgehead atoms. The number of aromatic hydroxyl groups is 1. The van der Waals surface area contributed by atoms with Crippen LogP contribution in [0, 0.1) is 12.7 Å². The van der Waals surface area contributed by atoms with Crippen LogP contribution in [0.5, 0.6) is 5.88 Å². The SMILES string of the molecule is Cc1ccc(-c2nnc([C@H]3C[C@H](NC(=O)c4cccc5ccc(O)nc45)C3)n2-c2ccccc2F)nc1. The van der Waals surface area contributed by atoms with Crippen molar-refractivity contribution in [3.63, 3.8) is 0 Å². The predicted molar refractivity (Wildman–Crippen MR) is 136 cm³/mol. The number of nitrogens with zero attached hydrogens (tertiary/aromatic N) is 5. The maximum absolute atomic E-state index is 14.9. The van der Waals surface area contributed by atoms with Crippen LogP contribution >= 0.6 is 0 Å². The molecule has 0 unspecified atom stereocenters. The summed E-state index contributed by atoms with van der Waals surface area (Å²) in [5, 5.41) is 22.4. The zero-order valence-corrected chi connectivity index (χ0v) is 20.0. The number of aromatic nitrogens is 5. The molecule has 0 atom stereocenters. The predicted octanol–water partition coefficient (Wildman–Crippen LogP) is 4.71. The summed E-state index contributed by atoms with van der Waals surface area (Å²) >= 11 is 0. The van der Waals surface area contributed by atoms with Gasteiger partial charge in [-0.25, -0.2) is 9.37 Å². The van der Waals surface area contributed by atoms with Crippen molar-refractivity contribution in [2.75, 3.05) is 0 Å². The third-order valence-electron chi connectivity index (χ3n) is 6.71. The summed E-state index contributed by atoms with van der Waals surface area (Å²) < 4.78 is 16.6. The Hall–Kier alpha value is -4.66. The number of rotatable bonds is 5. The van der Waals surface area contributed by atoms with Crippen LogP contribution in [0.2, 0.25) is 0 Å². The first-order chi connectivity index (χ1) is 18.0. The average molecular weight is 495 g/mol. The van der Waals surface area contributed by atoms with Gasteiger partial charge < -0.3 is 10.4 Å². The minimum Gasteiger partial charge on any atom is -0.493 e. The van der Waals surface area contributed by atoms with E-state index >= 15 is 0 Å². The lowest BCUT2D eigenvalue weighted by Crippen LogP contribution is -2.44. The van der Waals surface area contributed by atoms with Crippen LogP contribution in [-0.2, 0) is 0 Å². The lowest BCUT2D eigenvalue weighted by atomic mass is 9.79. The van der Waals surface area contributed by atoms with Crippen molar-refractivity contribution in [2.45, 2.75) is 31.7 Å². The summed E-state index contributed by atoms with van der Waals surface area (Å²) in [5.41, 5.74) is 2.82. The number of nitrogens with one attached hydrogen (secondary N) is 1. The Morgan fingerprint density at radius 3 is 2.65 bits per heavy atom. The van der Waals surface area contributed by atoms with Crippen molar-refractivity contribution in [3.05, 3.63) is 95.7 Å². The molecule has 0 radical (unpaired) electrons. The second-order valence-corrected chi connectivity index (χ2v) is 9.27. The molecule has 2 aromatic carbocycles. The molecule has 2 N–H and O–H groups in total. The molecule has 1 saturated carbocycles. The number of para-hydroxylation sites is 2. The normalized spacial score (nSPS) is 16.9. The molecule has 6 rings (SSSR count). The summed E-state index contributed by atoms with van der Waals surface area (Å²) in [4.78, 5) is 21.6. The number of carbonyl (C=O) groups is 1. The first kappa shape index (κ1) is 22.8. The number of amides is 1. The highest BCUT2D eigenvalue weighted by atomic mass is 19.1. The van der Waals surface area contributed by atoms with Gasteiger partial charge in [-0.3, -0.25) is 14.3 Å². The molecule has 184 valence electrons.